The Morgan fingerprint density at radius 1 is 0.939 bits per heavy atom. The van der Waals surface area contributed by atoms with Crippen LogP contribution in [-0.4, -0.2) is 54.5 Å². The molecule has 3 aliphatic rings. The predicted octanol–water partition coefficient (Wildman–Crippen LogP) is 2.64. The van der Waals surface area contributed by atoms with Gasteiger partial charge in [-0.1, -0.05) is 54.6 Å². The molecule has 3 saturated heterocycles. The van der Waals surface area contributed by atoms with Gasteiger partial charge in [-0.2, -0.15) is 0 Å². The molecule has 7 nitrogen and oxygen atoms in total. The third kappa shape index (κ3) is 4.25. The molecule has 0 spiro atoms. The van der Waals surface area contributed by atoms with E-state index in [2.05, 4.69) is 52.3 Å². The summed E-state index contributed by atoms with van der Waals surface area (Å²) in [5.74, 6) is -0.0880. The minimum atomic E-state index is -1.14. The summed E-state index contributed by atoms with van der Waals surface area (Å²) < 4.78 is 0. The van der Waals surface area contributed by atoms with Crippen LogP contribution in [0.5, 0.6) is 0 Å². The first-order chi connectivity index (χ1) is 16.0. The van der Waals surface area contributed by atoms with Gasteiger partial charge in [-0.15, -0.1) is 0 Å². The standard InChI is InChI=1S/C26H30N4O3/c31-23(16-26(22-10-13-27-17-22)24(32)28-25(33)29-26)30-14-11-21(12-15-30)20-8-6-19(7-9-20)18-4-2-1-3-5-18/h1-9,21-22,27H,10-17H2,(H2,28,29,32,33). The maximum atomic E-state index is 13.2. The fraction of sp³-hybridized carbons (Fsp3) is 0.423. The number of hydrogen-bond donors (Lipinski definition) is 3. The number of carbonyl (C=O) groups excluding carboxylic acids is 3. The Morgan fingerprint density at radius 2 is 1.64 bits per heavy atom. The van der Waals surface area contributed by atoms with Gasteiger partial charge in [0.2, 0.25) is 5.91 Å². The first kappa shape index (κ1) is 21.6. The zero-order chi connectivity index (χ0) is 22.8. The fourth-order valence-electron chi connectivity index (χ4n) is 5.53. The summed E-state index contributed by atoms with van der Waals surface area (Å²) in [6.07, 6.45) is 2.58. The van der Waals surface area contributed by atoms with Crippen molar-refractivity contribution in [1.82, 2.24) is 20.9 Å². The molecule has 33 heavy (non-hydrogen) atoms. The Morgan fingerprint density at radius 3 is 2.24 bits per heavy atom. The number of imide groups is 1. The zero-order valence-corrected chi connectivity index (χ0v) is 18.7. The van der Waals surface area contributed by atoms with Crippen LogP contribution in [-0.2, 0) is 9.59 Å². The van der Waals surface area contributed by atoms with E-state index in [-0.39, 0.29) is 24.2 Å². The van der Waals surface area contributed by atoms with Crippen LogP contribution in [0.15, 0.2) is 54.6 Å². The molecule has 2 atom stereocenters. The highest BCUT2D eigenvalue weighted by molar-refractivity contribution is 6.09. The molecule has 2 aromatic rings. The van der Waals surface area contributed by atoms with E-state index < -0.39 is 11.6 Å². The summed E-state index contributed by atoms with van der Waals surface area (Å²) in [7, 11) is 0. The Bertz CT molecular complexity index is 1030. The first-order valence-electron chi connectivity index (χ1n) is 11.8. The normalized spacial score (nSPS) is 25.7. The highest BCUT2D eigenvalue weighted by Crippen LogP contribution is 2.33. The molecule has 0 bridgehead atoms. The molecule has 0 radical (unpaired) electrons. The van der Waals surface area contributed by atoms with Crippen molar-refractivity contribution >= 4 is 17.8 Å². The quantitative estimate of drug-likeness (QED) is 0.616. The lowest BCUT2D eigenvalue weighted by atomic mass is 9.79. The number of carbonyl (C=O) groups is 3. The highest BCUT2D eigenvalue weighted by Gasteiger charge is 2.54. The molecule has 4 amide bonds. The topological polar surface area (TPSA) is 90.5 Å². The Kier molecular flexibility index (Phi) is 5.89. The number of hydrogen-bond acceptors (Lipinski definition) is 4. The van der Waals surface area contributed by atoms with E-state index in [0.29, 0.717) is 25.6 Å². The number of rotatable bonds is 5. The second kappa shape index (κ2) is 8.98. The summed E-state index contributed by atoms with van der Waals surface area (Å²) in [5, 5.41) is 8.39. The molecule has 0 aromatic heterocycles. The molecule has 3 N–H and O–H groups in total. The van der Waals surface area contributed by atoms with E-state index in [1.165, 1.54) is 16.7 Å². The number of likely N-dealkylation sites (tertiary alicyclic amines) is 1. The molecule has 3 fully saturated rings. The van der Waals surface area contributed by atoms with Crippen molar-refractivity contribution in [2.24, 2.45) is 5.92 Å². The first-order valence-corrected chi connectivity index (χ1v) is 11.8. The van der Waals surface area contributed by atoms with Crippen LogP contribution in [0, 0.1) is 5.92 Å². The molecule has 7 heteroatoms. The largest absolute Gasteiger partial charge is 0.343 e. The second-order valence-electron chi connectivity index (χ2n) is 9.39. The lowest BCUT2D eigenvalue weighted by Gasteiger charge is -2.36. The monoisotopic (exact) mass is 446 g/mol. The minimum absolute atomic E-state index is 0.0212. The summed E-state index contributed by atoms with van der Waals surface area (Å²) in [5.41, 5.74) is 2.58. The fourth-order valence-corrected chi connectivity index (χ4v) is 5.53. The lowest BCUT2D eigenvalue weighted by Crippen LogP contribution is -2.57. The maximum absolute atomic E-state index is 13.2. The van der Waals surface area contributed by atoms with E-state index in [0.717, 1.165) is 25.8 Å². The number of amides is 4. The SMILES string of the molecule is O=C1NC(=O)C(CC(=O)N2CCC(c3ccc(-c4ccccc4)cc3)CC2)(C2CCNC2)N1. The molecule has 2 unspecified atom stereocenters. The van der Waals surface area contributed by atoms with Crippen LogP contribution in [0.25, 0.3) is 11.1 Å². The molecule has 3 aliphatic heterocycles. The molecule has 0 aliphatic carbocycles. The minimum Gasteiger partial charge on any atom is -0.343 e. The van der Waals surface area contributed by atoms with E-state index in [1.54, 1.807) is 0 Å². The molecule has 2 aromatic carbocycles. The smallest absolute Gasteiger partial charge is 0.322 e. The van der Waals surface area contributed by atoms with Crippen LogP contribution in [0.2, 0.25) is 0 Å². The van der Waals surface area contributed by atoms with Crippen molar-refractivity contribution in [3.8, 4) is 11.1 Å². The summed E-state index contributed by atoms with van der Waals surface area (Å²) in [6, 6.07) is 18.6. The van der Waals surface area contributed by atoms with E-state index in [4.69, 9.17) is 0 Å². The molecule has 3 heterocycles. The third-order valence-corrected chi connectivity index (χ3v) is 7.49. The van der Waals surface area contributed by atoms with Gasteiger partial charge >= 0.3 is 6.03 Å². The summed E-state index contributed by atoms with van der Waals surface area (Å²) in [6.45, 7) is 2.75. The van der Waals surface area contributed by atoms with Gasteiger partial charge in [-0.25, -0.2) is 4.79 Å². The van der Waals surface area contributed by atoms with Crippen LogP contribution < -0.4 is 16.0 Å². The van der Waals surface area contributed by atoms with E-state index in [1.807, 2.05) is 23.1 Å². The van der Waals surface area contributed by atoms with Crippen molar-refractivity contribution in [2.45, 2.75) is 37.1 Å². The number of urea groups is 1. The van der Waals surface area contributed by atoms with Crippen LogP contribution in [0.4, 0.5) is 4.79 Å². The second-order valence-corrected chi connectivity index (χ2v) is 9.39. The molecular formula is C26H30N4O3. The number of nitrogens with one attached hydrogen (secondary N) is 3. The molecule has 5 rings (SSSR count). The van der Waals surface area contributed by atoms with Gasteiger partial charge in [0.15, 0.2) is 0 Å². The van der Waals surface area contributed by atoms with Gasteiger partial charge in [-0.3, -0.25) is 14.9 Å². The zero-order valence-electron chi connectivity index (χ0n) is 18.7. The van der Waals surface area contributed by atoms with Gasteiger partial charge < -0.3 is 15.5 Å². The molecular weight excluding hydrogens is 416 g/mol. The van der Waals surface area contributed by atoms with Gasteiger partial charge in [0.05, 0.1) is 6.42 Å². The Labute approximate surface area is 193 Å². The molecule has 172 valence electrons. The Hall–Kier alpha value is -3.19. The summed E-state index contributed by atoms with van der Waals surface area (Å²) in [4.78, 5) is 39.6. The number of benzene rings is 2. The number of piperidine rings is 1. The third-order valence-electron chi connectivity index (χ3n) is 7.49. The van der Waals surface area contributed by atoms with E-state index >= 15 is 0 Å². The van der Waals surface area contributed by atoms with Gasteiger partial charge in [0, 0.05) is 25.6 Å². The van der Waals surface area contributed by atoms with E-state index in [9.17, 15) is 14.4 Å². The van der Waals surface area contributed by atoms with Crippen LogP contribution in [0.3, 0.4) is 0 Å². The maximum Gasteiger partial charge on any atom is 0.322 e. The number of nitrogens with zero attached hydrogens (tertiary/aromatic N) is 1. The van der Waals surface area contributed by atoms with Crippen molar-refractivity contribution in [2.75, 3.05) is 26.2 Å². The lowest BCUT2D eigenvalue weighted by molar-refractivity contribution is -0.138. The van der Waals surface area contributed by atoms with Gasteiger partial charge in [-0.05, 0) is 48.4 Å². The van der Waals surface area contributed by atoms with Crippen molar-refractivity contribution < 1.29 is 14.4 Å². The predicted molar refractivity (Wildman–Crippen MR) is 125 cm³/mol. The Balaban J connectivity index is 1.21. The van der Waals surface area contributed by atoms with Gasteiger partial charge in [0.1, 0.15) is 5.54 Å². The summed E-state index contributed by atoms with van der Waals surface area (Å²) >= 11 is 0. The van der Waals surface area contributed by atoms with Crippen molar-refractivity contribution in [3.05, 3.63) is 60.2 Å². The molecule has 0 saturated carbocycles. The highest BCUT2D eigenvalue weighted by atomic mass is 16.2. The van der Waals surface area contributed by atoms with Crippen molar-refractivity contribution in [3.63, 3.8) is 0 Å². The average Bonchev–Trinajstić information content (AvgIpc) is 3.48. The van der Waals surface area contributed by atoms with Crippen LogP contribution >= 0.6 is 0 Å². The van der Waals surface area contributed by atoms with Crippen molar-refractivity contribution in [1.29, 1.82) is 0 Å². The van der Waals surface area contributed by atoms with Crippen LogP contribution in [0.1, 0.15) is 37.2 Å². The average molecular weight is 447 g/mol. The van der Waals surface area contributed by atoms with Gasteiger partial charge in [0.25, 0.3) is 5.91 Å².